The van der Waals surface area contributed by atoms with Gasteiger partial charge in [-0.25, -0.2) is 0 Å². The molecule has 0 bridgehead atoms. The summed E-state index contributed by atoms with van der Waals surface area (Å²) in [5.41, 5.74) is 0. The van der Waals surface area contributed by atoms with E-state index in [1.165, 1.54) is 6.42 Å². The molecule has 44 valence electrons. The lowest BCUT2D eigenvalue weighted by molar-refractivity contribution is 0.755. The second kappa shape index (κ2) is 1.53. The molecule has 3 atom stereocenters. The summed E-state index contributed by atoms with van der Waals surface area (Å²) in [5.74, 6) is 2.02. The van der Waals surface area contributed by atoms with Crippen molar-refractivity contribution in [3.05, 3.63) is 11.5 Å². The normalized spacial score (nSPS) is 49.4. The van der Waals surface area contributed by atoms with Gasteiger partial charge in [0.1, 0.15) is 0 Å². The third kappa shape index (κ3) is 0.482. The first-order valence-electron chi connectivity index (χ1n) is 3.25. The van der Waals surface area contributed by atoms with Crippen LogP contribution in [0.5, 0.6) is 0 Å². The van der Waals surface area contributed by atoms with Gasteiger partial charge in [-0.05, 0) is 17.2 Å². The minimum atomic E-state index is 0.977. The zero-order valence-corrected chi connectivity index (χ0v) is 5.82. The second-order valence-electron chi connectivity index (χ2n) is 2.58. The highest BCUT2D eigenvalue weighted by molar-refractivity contribution is 8.03. The van der Waals surface area contributed by atoms with Crippen molar-refractivity contribution in [3.8, 4) is 0 Å². The summed E-state index contributed by atoms with van der Waals surface area (Å²) in [4.78, 5) is 0. The van der Waals surface area contributed by atoms with Gasteiger partial charge < -0.3 is 0 Å². The maximum absolute atomic E-state index is 2.36. The third-order valence-corrected chi connectivity index (χ3v) is 3.46. The van der Waals surface area contributed by atoms with Gasteiger partial charge in [0, 0.05) is 5.25 Å². The van der Waals surface area contributed by atoms with Crippen LogP contribution in [0.15, 0.2) is 11.5 Å². The molecule has 0 nitrogen and oxygen atoms in total. The van der Waals surface area contributed by atoms with E-state index in [1.807, 2.05) is 11.8 Å². The highest BCUT2D eigenvalue weighted by atomic mass is 32.2. The van der Waals surface area contributed by atoms with Gasteiger partial charge in [-0.2, -0.15) is 0 Å². The van der Waals surface area contributed by atoms with Crippen molar-refractivity contribution in [2.24, 2.45) is 11.8 Å². The monoisotopic (exact) mass is 126 g/mol. The van der Waals surface area contributed by atoms with E-state index in [1.54, 1.807) is 0 Å². The average Bonchev–Trinajstić information content (AvgIpc) is 2.22. The van der Waals surface area contributed by atoms with Crippen molar-refractivity contribution in [3.63, 3.8) is 0 Å². The molecular weight excluding hydrogens is 116 g/mol. The molecule has 1 saturated carbocycles. The van der Waals surface area contributed by atoms with E-state index in [9.17, 15) is 0 Å². The van der Waals surface area contributed by atoms with E-state index in [-0.39, 0.29) is 0 Å². The highest BCUT2D eigenvalue weighted by Gasteiger charge is 2.49. The first-order valence-corrected chi connectivity index (χ1v) is 4.20. The molecule has 2 rings (SSSR count). The molecule has 1 aliphatic heterocycles. The molecule has 0 aromatic carbocycles. The first kappa shape index (κ1) is 4.92. The Kier molecular flexibility index (Phi) is 0.944. The fraction of sp³-hybridized carbons (Fsp3) is 0.714. The van der Waals surface area contributed by atoms with Gasteiger partial charge in [-0.1, -0.05) is 19.4 Å². The summed E-state index contributed by atoms with van der Waals surface area (Å²) in [5, 5.41) is 3.25. The van der Waals surface area contributed by atoms with Crippen molar-refractivity contribution >= 4 is 11.8 Å². The molecule has 0 radical (unpaired) electrons. The van der Waals surface area contributed by atoms with E-state index in [4.69, 9.17) is 0 Å². The van der Waals surface area contributed by atoms with E-state index in [0.29, 0.717) is 0 Å². The molecule has 0 unspecified atom stereocenters. The van der Waals surface area contributed by atoms with E-state index >= 15 is 0 Å². The van der Waals surface area contributed by atoms with Crippen molar-refractivity contribution in [1.82, 2.24) is 0 Å². The Labute approximate surface area is 54.4 Å². The molecule has 1 heteroatoms. The van der Waals surface area contributed by atoms with Gasteiger partial charge in [0.05, 0.1) is 0 Å². The highest BCUT2D eigenvalue weighted by Crippen LogP contribution is 2.55. The quantitative estimate of drug-likeness (QED) is 0.519. The van der Waals surface area contributed by atoms with E-state index in [2.05, 4.69) is 18.4 Å². The van der Waals surface area contributed by atoms with Crippen LogP contribution in [-0.2, 0) is 0 Å². The van der Waals surface area contributed by atoms with Gasteiger partial charge in [0.2, 0.25) is 0 Å². The van der Waals surface area contributed by atoms with Crippen LogP contribution < -0.4 is 0 Å². The number of fused-ring (bicyclic) bond motifs is 1. The molecule has 0 saturated heterocycles. The first-order chi connectivity index (χ1) is 3.93. The minimum Gasteiger partial charge on any atom is -0.130 e. The van der Waals surface area contributed by atoms with Crippen LogP contribution in [0.1, 0.15) is 13.3 Å². The Morgan fingerprint density at radius 1 is 1.62 bits per heavy atom. The van der Waals surface area contributed by atoms with E-state index in [0.717, 1.165) is 17.1 Å². The van der Waals surface area contributed by atoms with Crippen LogP contribution >= 0.6 is 11.8 Å². The van der Waals surface area contributed by atoms with Crippen molar-refractivity contribution in [1.29, 1.82) is 0 Å². The Morgan fingerprint density at radius 2 is 2.50 bits per heavy atom. The number of allylic oxidation sites excluding steroid dienone is 1. The second-order valence-corrected chi connectivity index (χ2v) is 3.67. The number of rotatable bonds is 1. The summed E-state index contributed by atoms with van der Waals surface area (Å²) in [6.45, 7) is 2.29. The topological polar surface area (TPSA) is 0 Å². The molecule has 1 fully saturated rings. The van der Waals surface area contributed by atoms with Crippen LogP contribution in [-0.4, -0.2) is 5.25 Å². The summed E-state index contributed by atoms with van der Waals surface area (Å²) in [6.07, 6.45) is 3.75. The third-order valence-electron chi connectivity index (χ3n) is 2.16. The van der Waals surface area contributed by atoms with Gasteiger partial charge in [-0.3, -0.25) is 0 Å². The Balaban J connectivity index is 2.03. The zero-order valence-electron chi connectivity index (χ0n) is 5.00. The minimum absolute atomic E-state index is 0.977. The van der Waals surface area contributed by atoms with Crippen LogP contribution in [0.25, 0.3) is 0 Å². The van der Waals surface area contributed by atoms with Crippen molar-refractivity contribution in [2.75, 3.05) is 0 Å². The summed E-state index contributed by atoms with van der Waals surface area (Å²) >= 11 is 2.02. The predicted octanol–water partition coefficient (Wildman–Crippen LogP) is 2.27. The molecule has 0 N–H and O–H groups in total. The summed E-state index contributed by atoms with van der Waals surface area (Å²) in [6, 6.07) is 0. The largest absolute Gasteiger partial charge is 0.130 e. The van der Waals surface area contributed by atoms with Crippen molar-refractivity contribution in [2.45, 2.75) is 18.6 Å². The standard InChI is InChI=1S/C7H10S/c1-2-5-6-3-4-8-7(5)6/h3-7H,2H2,1H3/t5-,6-,7+/m0/s1. The fourth-order valence-electron chi connectivity index (χ4n) is 1.54. The van der Waals surface area contributed by atoms with Crippen molar-refractivity contribution < 1.29 is 0 Å². The average molecular weight is 126 g/mol. The lowest BCUT2D eigenvalue weighted by Gasteiger charge is -1.88. The molecule has 0 amide bonds. The number of hydrogen-bond donors (Lipinski definition) is 0. The lowest BCUT2D eigenvalue weighted by Crippen LogP contribution is -1.76. The van der Waals surface area contributed by atoms with Crippen LogP contribution in [0.4, 0.5) is 0 Å². The maximum atomic E-state index is 2.36. The van der Waals surface area contributed by atoms with Crippen LogP contribution in [0.2, 0.25) is 0 Å². The number of hydrogen-bond acceptors (Lipinski definition) is 1. The van der Waals surface area contributed by atoms with Gasteiger partial charge in [-0.15, -0.1) is 11.8 Å². The smallest absolute Gasteiger partial charge is 0.0189 e. The Hall–Kier alpha value is 0.0900. The summed E-state index contributed by atoms with van der Waals surface area (Å²) in [7, 11) is 0. The summed E-state index contributed by atoms with van der Waals surface area (Å²) < 4.78 is 0. The van der Waals surface area contributed by atoms with E-state index < -0.39 is 0 Å². The van der Waals surface area contributed by atoms with Crippen LogP contribution in [0, 0.1) is 11.8 Å². The predicted molar refractivity (Wildman–Crippen MR) is 37.8 cm³/mol. The molecule has 2 aliphatic rings. The molecule has 1 aliphatic carbocycles. The van der Waals surface area contributed by atoms with Gasteiger partial charge in [0.15, 0.2) is 0 Å². The molecule has 1 heterocycles. The Bertz CT molecular complexity index is 128. The molecule has 0 aromatic heterocycles. The van der Waals surface area contributed by atoms with Gasteiger partial charge >= 0.3 is 0 Å². The fourth-order valence-corrected chi connectivity index (χ4v) is 2.96. The molecule has 0 aromatic rings. The molecular formula is C7H10S. The SMILES string of the molecule is CC[C@H]1[C@@H]2C=CS[C@@H]21. The lowest BCUT2D eigenvalue weighted by atomic mass is 10.2. The maximum Gasteiger partial charge on any atom is 0.0189 e. The zero-order chi connectivity index (χ0) is 5.56. The molecule has 8 heavy (non-hydrogen) atoms. The number of thioether (sulfide) groups is 1. The van der Waals surface area contributed by atoms with Gasteiger partial charge in [0.25, 0.3) is 0 Å². The van der Waals surface area contributed by atoms with Crippen LogP contribution in [0.3, 0.4) is 0 Å². The molecule has 0 spiro atoms. The Morgan fingerprint density at radius 3 is 2.88 bits per heavy atom.